The molecule has 166 valence electrons. The molecule has 2 aromatic carbocycles. The van der Waals surface area contributed by atoms with Crippen molar-refractivity contribution in [1.82, 2.24) is 5.32 Å². The lowest BCUT2D eigenvalue weighted by atomic mass is 10.0. The molecule has 8 heteroatoms. The molecular formula is C23H28N2O5S. The first-order valence-corrected chi connectivity index (χ1v) is 11.5. The minimum Gasteiger partial charge on any atom is -0.493 e. The first-order valence-electron chi connectivity index (χ1n) is 10.1. The van der Waals surface area contributed by atoms with Gasteiger partial charge in [0.15, 0.2) is 16.4 Å². The second kappa shape index (κ2) is 9.01. The molecule has 1 aliphatic rings. The summed E-state index contributed by atoms with van der Waals surface area (Å²) in [5.41, 5.74) is 2.23. The normalized spacial score (nSPS) is 15.8. The Morgan fingerprint density at radius 2 is 1.71 bits per heavy atom. The molecule has 7 nitrogen and oxygen atoms in total. The standard InChI is InChI=1S/C23H28N2O5S/c1-6-15(2)24-23(26)22-16(3)18-12-20(29-4)21(30-5)13-19(18)25(31(22,27)28)14-17-10-8-7-9-11-17/h7-13,15H,6,14H2,1-5H3,(H,24,26). The molecule has 0 aliphatic carbocycles. The molecule has 0 aromatic heterocycles. The number of nitrogens with zero attached hydrogens (tertiary/aromatic N) is 1. The van der Waals surface area contributed by atoms with Gasteiger partial charge in [0, 0.05) is 17.7 Å². The van der Waals surface area contributed by atoms with E-state index >= 15 is 0 Å². The third-order valence-electron chi connectivity index (χ3n) is 5.43. The van der Waals surface area contributed by atoms with Gasteiger partial charge in [0.1, 0.15) is 0 Å². The van der Waals surface area contributed by atoms with E-state index < -0.39 is 15.9 Å². The summed E-state index contributed by atoms with van der Waals surface area (Å²) in [6, 6.07) is 12.5. The zero-order valence-corrected chi connectivity index (χ0v) is 19.2. The number of carbonyl (C=O) groups excluding carboxylic acids is 1. The summed E-state index contributed by atoms with van der Waals surface area (Å²) in [4.78, 5) is 12.8. The van der Waals surface area contributed by atoms with Gasteiger partial charge in [0.25, 0.3) is 15.9 Å². The fraction of sp³-hybridized carbons (Fsp3) is 0.348. The van der Waals surface area contributed by atoms with Crippen LogP contribution in [0.25, 0.3) is 5.57 Å². The zero-order chi connectivity index (χ0) is 22.8. The Morgan fingerprint density at radius 3 is 2.29 bits per heavy atom. The monoisotopic (exact) mass is 444 g/mol. The van der Waals surface area contributed by atoms with Crippen molar-refractivity contribution in [2.24, 2.45) is 0 Å². The highest BCUT2D eigenvalue weighted by Gasteiger charge is 2.40. The fourth-order valence-corrected chi connectivity index (χ4v) is 5.27. The number of benzene rings is 2. The van der Waals surface area contributed by atoms with Gasteiger partial charge in [-0.2, -0.15) is 0 Å². The van der Waals surface area contributed by atoms with Crippen LogP contribution in [0.2, 0.25) is 0 Å². The van der Waals surface area contributed by atoms with E-state index in [1.165, 1.54) is 18.5 Å². The Hall–Kier alpha value is -3.00. The number of amides is 1. The third kappa shape index (κ3) is 4.25. The van der Waals surface area contributed by atoms with Crippen molar-refractivity contribution in [3.8, 4) is 11.5 Å². The number of nitrogens with one attached hydrogen (secondary N) is 1. The van der Waals surface area contributed by atoms with E-state index in [0.717, 1.165) is 5.56 Å². The number of hydrogen-bond acceptors (Lipinski definition) is 5. The molecule has 0 bridgehead atoms. The number of rotatable bonds is 7. The van der Waals surface area contributed by atoms with Gasteiger partial charge in [-0.05, 0) is 37.5 Å². The summed E-state index contributed by atoms with van der Waals surface area (Å²) in [5, 5.41) is 2.79. The molecule has 31 heavy (non-hydrogen) atoms. The fourth-order valence-electron chi connectivity index (χ4n) is 3.53. The highest BCUT2D eigenvalue weighted by atomic mass is 32.2. The molecule has 1 aliphatic heterocycles. The summed E-state index contributed by atoms with van der Waals surface area (Å²) in [7, 11) is -1.11. The number of ether oxygens (including phenoxy) is 2. The number of hydrogen-bond donors (Lipinski definition) is 1. The quantitative estimate of drug-likeness (QED) is 0.704. The summed E-state index contributed by atoms with van der Waals surface area (Å²) in [5.74, 6) is 0.265. The van der Waals surface area contributed by atoms with Gasteiger partial charge in [-0.3, -0.25) is 9.10 Å². The van der Waals surface area contributed by atoms with Crippen LogP contribution in [0.15, 0.2) is 47.4 Å². The molecule has 1 amide bonds. The van der Waals surface area contributed by atoms with E-state index in [1.54, 1.807) is 19.1 Å². The Labute approximate surface area is 183 Å². The number of fused-ring (bicyclic) bond motifs is 1. The van der Waals surface area contributed by atoms with Crippen LogP contribution < -0.4 is 19.1 Å². The van der Waals surface area contributed by atoms with Crippen LogP contribution >= 0.6 is 0 Å². The van der Waals surface area contributed by atoms with Gasteiger partial charge >= 0.3 is 0 Å². The van der Waals surface area contributed by atoms with Gasteiger partial charge in [0.2, 0.25) is 0 Å². The van der Waals surface area contributed by atoms with Gasteiger partial charge in [-0.25, -0.2) is 8.42 Å². The summed E-state index contributed by atoms with van der Waals surface area (Å²) < 4.78 is 39.5. The van der Waals surface area contributed by atoms with Crippen LogP contribution in [-0.2, 0) is 21.4 Å². The smallest absolute Gasteiger partial charge is 0.270 e. The van der Waals surface area contributed by atoms with Crippen molar-refractivity contribution in [2.75, 3.05) is 18.5 Å². The van der Waals surface area contributed by atoms with Crippen molar-refractivity contribution < 1.29 is 22.7 Å². The van der Waals surface area contributed by atoms with Crippen LogP contribution in [-0.4, -0.2) is 34.6 Å². The van der Waals surface area contributed by atoms with Gasteiger partial charge in [-0.15, -0.1) is 0 Å². The van der Waals surface area contributed by atoms with E-state index in [1.807, 2.05) is 44.2 Å². The summed E-state index contributed by atoms with van der Waals surface area (Å²) >= 11 is 0. The highest BCUT2D eigenvalue weighted by molar-refractivity contribution is 7.97. The lowest BCUT2D eigenvalue weighted by molar-refractivity contribution is -0.117. The topological polar surface area (TPSA) is 84.9 Å². The Kier molecular flexibility index (Phi) is 6.59. The van der Waals surface area contributed by atoms with Gasteiger partial charge < -0.3 is 14.8 Å². The molecule has 0 fully saturated rings. The molecule has 0 saturated carbocycles. The Balaban J connectivity index is 2.24. The lowest BCUT2D eigenvalue weighted by Gasteiger charge is -2.33. The van der Waals surface area contributed by atoms with Crippen molar-refractivity contribution >= 4 is 27.2 Å². The number of methoxy groups -OCH3 is 2. The van der Waals surface area contributed by atoms with Crippen LogP contribution in [0.4, 0.5) is 5.69 Å². The lowest BCUT2D eigenvalue weighted by Crippen LogP contribution is -2.42. The van der Waals surface area contributed by atoms with E-state index in [-0.39, 0.29) is 17.5 Å². The highest BCUT2D eigenvalue weighted by Crippen LogP contribution is 2.45. The maximum atomic E-state index is 13.7. The van der Waals surface area contributed by atoms with Crippen molar-refractivity contribution in [1.29, 1.82) is 0 Å². The van der Waals surface area contributed by atoms with Gasteiger partial charge in [0.05, 0.1) is 26.5 Å². The van der Waals surface area contributed by atoms with Crippen molar-refractivity contribution in [3.05, 3.63) is 58.5 Å². The van der Waals surface area contributed by atoms with E-state index in [4.69, 9.17) is 9.47 Å². The molecule has 1 N–H and O–H groups in total. The maximum absolute atomic E-state index is 13.7. The average molecular weight is 445 g/mol. The predicted molar refractivity (Wildman–Crippen MR) is 122 cm³/mol. The van der Waals surface area contributed by atoms with Crippen LogP contribution in [0.1, 0.15) is 38.3 Å². The van der Waals surface area contributed by atoms with Crippen LogP contribution in [0.5, 0.6) is 11.5 Å². The molecule has 2 aromatic rings. The summed E-state index contributed by atoms with van der Waals surface area (Å²) in [6.07, 6.45) is 0.688. The molecule has 1 atom stereocenters. The third-order valence-corrected chi connectivity index (χ3v) is 7.34. The number of anilines is 1. The molecule has 1 heterocycles. The summed E-state index contributed by atoms with van der Waals surface area (Å²) in [6.45, 7) is 5.50. The first kappa shape index (κ1) is 22.7. The van der Waals surface area contributed by atoms with E-state index in [0.29, 0.717) is 34.7 Å². The number of carbonyl (C=O) groups is 1. The number of allylic oxidation sites excluding steroid dienone is 1. The molecule has 0 spiro atoms. The predicted octanol–water partition coefficient (Wildman–Crippen LogP) is 3.70. The Bertz CT molecular complexity index is 1110. The van der Waals surface area contributed by atoms with Crippen molar-refractivity contribution in [3.63, 3.8) is 0 Å². The minimum absolute atomic E-state index is 0.0824. The SMILES string of the molecule is CCC(C)NC(=O)C1=C(C)c2cc(OC)c(OC)cc2N(Cc2ccccc2)S1(=O)=O. The molecule has 0 saturated heterocycles. The van der Waals surface area contributed by atoms with Crippen LogP contribution in [0.3, 0.4) is 0 Å². The maximum Gasteiger partial charge on any atom is 0.270 e. The van der Waals surface area contributed by atoms with Crippen molar-refractivity contribution in [2.45, 2.75) is 39.8 Å². The van der Waals surface area contributed by atoms with E-state index in [9.17, 15) is 13.2 Å². The minimum atomic E-state index is -4.12. The molecule has 3 rings (SSSR count). The zero-order valence-electron chi connectivity index (χ0n) is 18.4. The Morgan fingerprint density at radius 1 is 1.10 bits per heavy atom. The second-order valence-electron chi connectivity index (χ2n) is 7.46. The molecular weight excluding hydrogens is 416 g/mol. The first-order chi connectivity index (χ1) is 14.7. The van der Waals surface area contributed by atoms with Crippen LogP contribution in [0, 0.1) is 0 Å². The molecule has 1 unspecified atom stereocenters. The number of sulfonamides is 1. The van der Waals surface area contributed by atoms with Gasteiger partial charge in [-0.1, -0.05) is 37.3 Å². The average Bonchev–Trinajstić information content (AvgIpc) is 2.76. The van der Waals surface area contributed by atoms with E-state index in [2.05, 4.69) is 5.32 Å². The second-order valence-corrected chi connectivity index (χ2v) is 9.26. The largest absolute Gasteiger partial charge is 0.493 e. The molecule has 0 radical (unpaired) electrons.